The van der Waals surface area contributed by atoms with E-state index >= 15 is 0 Å². The summed E-state index contributed by atoms with van der Waals surface area (Å²) in [7, 11) is 6.20. The van der Waals surface area contributed by atoms with Crippen molar-refractivity contribution < 1.29 is 19.1 Å². The number of esters is 2. The summed E-state index contributed by atoms with van der Waals surface area (Å²) in [5.74, 6) is -0.925. The number of carbonyl (C=O) groups is 2. The van der Waals surface area contributed by atoms with Gasteiger partial charge in [-0.25, -0.2) is 9.97 Å². The minimum Gasteiger partial charge on any atom is -0.465 e. The first-order valence-corrected chi connectivity index (χ1v) is 24.7. The van der Waals surface area contributed by atoms with Crippen molar-refractivity contribution in [1.82, 2.24) is 34.6 Å². The highest BCUT2D eigenvalue weighted by Crippen LogP contribution is 2.37. The van der Waals surface area contributed by atoms with Crippen LogP contribution in [0.2, 0.25) is 0 Å². The zero-order chi connectivity index (χ0) is 48.1. The summed E-state index contributed by atoms with van der Waals surface area (Å²) in [4.78, 5) is 54.2. The highest BCUT2D eigenvalue weighted by atomic mass is 16.5. The van der Waals surface area contributed by atoms with Crippen molar-refractivity contribution >= 4 is 35.5 Å². The number of nitrogens with one attached hydrogen (secondary N) is 2. The number of rotatable bonds is 28. The molecule has 2 unspecified atom stereocenters. The molecule has 15 heteroatoms. The Morgan fingerprint density at radius 2 is 1.09 bits per heavy atom. The number of hydrogen-bond acceptors (Lipinski definition) is 15. The van der Waals surface area contributed by atoms with Gasteiger partial charge in [-0.15, -0.1) is 0 Å². The fourth-order valence-electron chi connectivity index (χ4n) is 8.55. The third-order valence-electron chi connectivity index (χ3n) is 12.6. The third kappa shape index (κ3) is 16.7. The molecular formula is C52H79N11O4. The summed E-state index contributed by atoms with van der Waals surface area (Å²) >= 11 is 0. The minimum absolute atomic E-state index is 0.233. The van der Waals surface area contributed by atoms with Gasteiger partial charge in [0, 0.05) is 81.2 Å². The molecular weight excluding hydrogens is 843 g/mol. The van der Waals surface area contributed by atoms with E-state index in [-0.39, 0.29) is 25.1 Å². The Hall–Kier alpha value is -5.38. The molecule has 1 fully saturated rings. The second kappa shape index (κ2) is 27.4. The van der Waals surface area contributed by atoms with Gasteiger partial charge in [-0.05, 0) is 95.9 Å². The molecule has 1 saturated heterocycles. The van der Waals surface area contributed by atoms with E-state index in [0.717, 1.165) is 143 Å². The first-order chi connectivity index (χ1) is 32.4. The number of unbranched alkanes of at least 4 members (excludes halogenated alkanes) is 5. The van der Waals surface area contributed by atoms with E-state index < -0.39 is 23.8 Å². The van der Waals surface area contributed by atoms with Crippen molar-refractivity contribution in [2.75, 3.05) is 109 Å². The number of carbonyl (C=O) groups excluding carboxylic acids is 2. The average Bonchev–Trinajstić information content (AvgIpc) is 3.30. The van der Waals surface area contributed by atoms with Gasteiger partial charge in [0.15, 0.2) is 0 Å². The molecule has 1 aliphatic heterocycles. The Bertz CT molecular complexity index is 2130. The largest absolute Gasteiger partial charge is 0.465 e. The number of benzene rings is 2. The van der Waals surface area contributed by atoms with Gasteiger partial charge in [-0.1, -0.05) is 88.1 Å². The van der Waals surface area contributed by atoms with E-state index in [2.05, 4.69) is 66.2 Å². The van der Waals surface area contributed by atoms with E-state index in [1.165, 1.54) is 0 Å². The molecule has 0 bridgehead atoms. The highest BCUT2D eigenvalue weighted by molar-refractivity contribution is 5.90. The molecule has 0 saturated carbocycles. The van der Waals surface area contributed by atoms with Crippen LogP contribution in [0, 0.1) is 13.8 Å². The van der Waals surface area contributed by atoms with Gasteiger partial charge < -0.3 is 46.3 Å². The van der Waals surface area contributed by atoms with Gasteiger partial charge in [0.2, 0.25) is 11.9 Å². The molecule has 0 amide bonds. The molecule has 3 heterocycles. The van der Waals surface area contributed by atoms with Crippen LogP contribution in [0.1, 0.15) is 128 Å². The number of hydrogen-bond donors (Lipinski definition) is 4. The minimum atomic E-state index is -0.970. The van der Waals surface area contributed by atoms with Crippen molar-refractivity contribution in [3.63, 3.8) is 0 Å². The third-order valence-corrected chi connectivity index (χ3v) is 12.6. The van der Waals surface area contributed by atoms with Gasteiger partial charge in [0.1, 0.15) is 11.6 Å². The number of likely N-dealkylation sites (N-methyl/N-ethyl adjacent to an activating group) is 1. The number of aryl methyl sites for hydroxylation is 2. The van der Waals surface area contributed by atoms with Crippen LogP contribution in [-0.2, 0) is 31.9 Å². The highest BCUT2D eigenvalue weighted by Gasteiger charge is 2.39. The number of anilines is 4. The lowest BCUT2D eigenvalue weighted by Crippen LogP contribution is -2.44. The smallest absolute Gasteiger partial charge is 0.314 e. The number of ether oxygens (including phenoxy) is 2. The molecule has 0 aliphatic carbocycles. The van der Waals surface area contributed by atoms with Crippen molar-refractivity contribution in [1.29, 1.82) is 0 Å². The fourth-order valence-corrected chi connectivity index (χ4v) is 8.55. The summed E-state index contributed by atoms with van der Waals surface area (Å²) in [6.45, 7) is 16.0. The maximum Gasteiger partial charge on any atom is 0.314 e. The Balaban J connectivity index is 1.47. The summed E-state index contributed by atoms with van der Waals surface area (Å²) in [5.41, 5.74) is 19.1. The standard InChI is InChI=1S/C52H79N11O4/c1-8-10-12-25-55-47-43(37(3)57-51(53)59-47)35-39-17-21-41(22-18-39)45(49(64)66-33-15-14-27-61(5)6)46(50(65)67-34-16-28-63-31-29-62(7)30-32-63)42-23-19-40(20-24-42)36-44-38(4)58-52(54)60-48(44)56-26-13-11-9-2/h17-24,45-46H,8-16,25-36H2,1-7H3,(H3,53,55,57,59)(H3,54,56,58,60). The summed E-state index contributed by atoms with van der Waals surface area (Å²) < 4.78 is 12.2. The first-order valence-electron chi connectivity index (χ1n) is 24.7. The van der Waals surface area contributed by atoms with Gasteiger partial charge in [0.25, 0.3) is 0 Å². The predicted molar refractivity (Wildman–Crippen MR) is 271 cm³/mol. The van der Waals surface area contributed by atoms with Gasteiger partial charge in [-0.3, -0.25) is 9.59 Å². The Morgan fingerprint density at radius 3 is 1.52 bits per heavy atom. The van der Waals surface area contributed by atoms with E-state index in [0.29, 0.717) is 36.8 Å². The van der Waals surface area contributed by atoms with Crippen molar-refractivity contribution in [3.8, 4) is 0 Å². The molecule has 15 nitrogen and oxygen atoms in total. The Labute approximate surface area is 400 Å². The SMILES string of the molecule is CCCCCNc1nc(N)nc(C)c1Cc1ccc(C(C(=O)OCCCCN(C)C)C(C(=O)OCCCN2CCN(C)CC2)c2ccc(Cc3c(C)nc(N)nc3NCCCCC)cc2)cc1. The zero-order valence-corrected chi connectivity index (χ0v) is 41.5. The van der Waals surface area contributed by atoms with Crippen molar-refractivity contribution in [3.05, 3.63) is 93.3 Å². The molecule has 2 atom stereocenters. The monoisotopic (exact) mass is 922 g/mol. The molecule has 5 rings (SSSR count). The maximum absolute atomic E-state index is 14.7. The van der Waals surface area contributed by atoms with Crippen molar-refractivity contribution in [2.24, 2.45) is 0 Å². The zero-order valence-electron chi connectivity index (χ0n) is 41.5. The number of nitrogens with zero attached hydrogens (tertiary/aromatic N) is 7. The van der Waals surface area contributed by atoms with E-state index in [9.17, 15) is 9.59 Å². The Morgan fingerprint density at radius 1 is 0.642 bits per heavy atom. The molecule has 2 aromatic carbocycles. The van der Waals surface area contributed by atoms with Crippen LogP contribution in [0.25, 0.3) is 0 Å². The van der Waals surface area contributed by atoms with Crippen LogP contribution < -0.4 is 22.1 Å². The van der Waals surface area contributed by atoms with Gasteiger partial charge in [0.05, 0.1) is 25.0 Å². The normalized spacial score (nSPS) is 14.2. The number of aromatic nitrogens is 4. The van der Waals surface area contributed by atoms with Crippen LogP contribution in [-0.4, -0.2) is 133 Å². The average molecular weight is 922 g/mol. The van der Waals surface area contributed by atoms with Crippen LogP contribution >= 0.6 is 0 Å². The predicted octanol–water partition coefficient (Wildman–Crippen LogP) is 7.37. The summed E-state index contributed by atoms with van der Waals surface area (Å²) in [6.07, 6.45) is 9.91. The lowest BCUT2D eigenvalue weighted by molar-refractivity contribution is -0.154. The molecule has 366 valence electrons. The van der Waals surface area contributed by atoms with E-state index in [4.69, 9.17) is 20.9 Å². The topological polar surface area (TPSA) is 190 Å². The second-order valence-corrected chi connectivity index (χ2v) is 18.4. The molecule has 4 aromatic rings. The summed E-state index contributed by atoms with van der Waals surface area (Å²) in [6, 6.07) is 15.8. The quantitative estimate of drug-likeness (QED) is 0.0326. The molecule has 67 heavy (non-hydrogen) atoms. The molecule has 2 aromatic heterocycles. The van der Waals surface area contributed by atoms with Crippen LogP contribution in [0.3, 0.4) is 0 Å². The first kappa shape index (κ1) is 52.6. The van der Waals surface area contributed by atoms with Gasteiger partial charge >= 0.3 is 11.9 Å². The van der Waals surface area contributed by atoms with E-state index in [1.807, 2.05) is 76.5 Å². The number of nitrogens with two attached hydrogens (primary N) is 2. The number of nitrogen functional groups attached to an aromatic ring is 2. The number of piperazine rings is 1. The summed E-state index contributed by atoms with van der Waals surface area (Å²) in [5, 5.41) is 6.98. The van der Waals surface area contributed by atoms with Crippen LogP contribution in [0.15, 0.2) is 48.5 Å². The van der Waals surface area contributed by atoms with Crippen LogP contribution in [0.4, 0.5) is 23.5 Å². The van der Waals surface area contributed by atoms with Gasteiger partial charge in [-0.2, -0.15) is 9.97 Å². The molecule has 6 N–H and O–H groups in total. The maximum atomic E-state index is 14.7. The molecule has 1 aliphatic rings. The molecule has 0 radical (unpaired) electrons. The molecule has 0 spiro atoms. The lowest BCUT2D eigenvalue weighted by atomic mass is 9.80. The second-order valence-electron chi connectivity index (χ2n) is 18.4. The lowest BCUT2D eigenvalue weighted by Gasteiger charge is -2.32. The van der Waals surface area contributed by atoms with Crippen molar-refractivity contribution in [2.45, 2.75) is 110 Å². The Kier molecular flexibility index (Phi) is 21.5. The van der Waals surface area contributed by atoms with Crippen LogP contribution in [0.5, 0.6) is 0 Å². The fraction of sp³-hybridized carbons (Fsp3) is 0.577. The van der Waals surface area contributed by atoms with E-state index in [1.54, 1.807) is 0 Å².